The van der Waals surface area contributed by atoms with Crippen LogP contribution < -0.4 is 21.9 Å². The SMILES string of the molecule is CCN(C(=O)CC(N)=O)c1ccc2c(c1)c(=O)[nH]c(=O)n2CCCCN1CCC(OC(c2ccccc2)c2ccccc2)CC1. The lowest BCUT2D eigenvalue weighted by Crippen LogP contribution is -2.38. The van der Waals surface area contributed by atoms with Crippen LogP contribution in [0, 0.1) is 0 Å². The Bertz CT molecular complexity index is 1670. The highest BCUT2D eigenvalue weighted by Crippen LogP contribution is 2.30. The number of H-pyrrole nitrogens is 1. The normalized spacial score (nSPS) is 14.2. The monoisotopic (exact) mass is 611 g/mol. The summed E-state index contributed by atoms with van der Waals surface area (Å²) in [6.45, 7) is 5.36. The Morgan fingerprint density at radius 2 is 1.56 bits per heavy atom. The fourth-order valence-corrected chi connectivity index (χ4v) is 6.09. The molecule has 2 heterocycles. The average Bonchev–Trinajstić information content (AvgIpc) is 3.04. The van der Waals surface area contributed by atoms with Crippen LogP contribution >= 0.6 is 0 Å². The zero-order chi connectivity index (χ0) is 31.8. The number of carbonyl (C=O) groups is 2. The summed E-state index contributed by atoms with van der Waals surface area (Å²) in [5, 5.41) is 0.309. The number of nitrogens with zero attached hydrogens (tertiary/aromatic N) is 3. The predicted octanol–water partition coefficient (Wildman–Crippen LogP) is 3.97. The molecule has 0 atom stereocenters. The average molecular weight is 612 g/mol. The number of benzene rings is 3. The van der Waals surface area contributed by atoms with Gasteiger partial charge in [-0.15, -0.1) is 0 Å². The predicted molar refractivity (Wildman–Crippen MR) is 175 cm³/mol. The molecule has 1 fully saturated rings. The first-order chi connectivity index (χ1) is 21.8. The van der Waals surface area contributed by atoms with E-state index in [1.165, 1.54) is 4.90 Å². The topological polar surface area (TPSA) is 131 Å². The number of primary amides is 1. The minimum absolute atomic E-state index is 0.0915. The Hall–Kier alpha value is -4.54. The first-order valence-electron chi connectivity index (χ1n) is 15.7. The Morgan fingerprint density at radius 1 is 0.933 bits per heavy atom. The van der Waals surface area contributed by atoms with Crippen LogP contribution in [0.25, 0.3) is 10.9 Å². The maximum absolute atomic E-state index is 12.8. The van der Waals surface area contributed by atoms with E-state index in [2.05, 4.69) is 58.4 Å². The van der Waals surface area contributed by atoms with Crippen LogP contribution in [0.4, 0.5) is 5.69 Å². The molecule has 0 bridgehead atoms. The molecule has 2 amide bonds. The second kappa shape index (κ2) is 15.0. The van der Waals surface area contributed by atoms with Gasteiger partial charge in [0.15, 0.2) is 0 Å². The summed E-state index contributed by atoms with van der Waals surface area (Å²) in [5.74, 6) is -1.17. The molecular weight excluding hydrogens is 570 g/mol. The number of nitrogens with two attached hydrogens (primary N) is 1. The van der Waals surface area contributed by atoms with Gasteiger partial charge in [-0.3, -0.25) is 23.9 Å². The number of aromatic nitrogens is 2. The molecule has 1 aliphatic rings. The lowest BCUT2D eigenvalue weighted by molar-refractivity contribution is -0.126. The van der Waals surface area contributed by atoms with Gasteiger partial charge in [0.1, 0.15) is 12.5 Å². The maximum Gasteiger partial charge on any atom is 0.328 e. The molecule has 3 aromatic carbocycles. The highest BCUT2D eigenvalue weighted by Gasteiger charge is 2.25. The van der Waals surface area contributed by atoms with Crippen molar-refractivity contribution in [1.29, 1.82) is 0 Å². The van der Waals surface area contributed by atoms with Crippen molar-refractivity contribution in [2.75, 3.05) is 31.1 Å². The quantitative estimate of drug-likeness (QED) is 0.174. The van der Waals surface area contributed by atoms with E-state index >= 15 is 0 Å². The second-order valence-corrected chi connectivity index (χ2v) is 11.5. The third-order valence-corrected chi connectivity index (χ3v) is 8.41. The van der Waals surface area contributed by atoms with Crippen LogP contribution in [0.2, 0.25) is 0 Å². The Morgan fingerprint density at radius 3 is 2.16 bits per heavy atom. The third kappa shape index (κ3) is 7.95. The molecule has 1 aromatic heterocycles. The minimum atomic E-state index is -0.719. The third-order valence-electron chi connectivity index (χ3n) is 8.41. The highest BCUT2D eigenvalue weighted by atomic mass is 16.5. The van der Waals surface area contributed by atoms with Crippen molar-refractivity contribution in [3.05, 3.63) is 111 Å². The number of hydrogen-bond acceptors (Lipinski definition) is 6. The van der Waals surface area contributed by atoms with Crippen molar-refractivity contribution < 1.29 is 14.3 Å². The van der Waals surface area contributed by atoms with Crippen LogP contribution in [0.15, 0.2) is 88.5 Å². The summed E-state index contributed by atoms with van der Waals surface area (Å²) in [7, 11) is 0. The summed E-state index contributed by atoms with van der Waals surface area (Å²) >= 11 is 0. The van der Waals surface area contributed by atoms with E-state index in [1.54, 1.807) is 29.7 Å². The van der Waals surface area contributed by atoms with Crippen molar-refractivity contribution in [1.82, 2.24) is 14.5 Å². The molecule has 0 spiro atoms. The molecule has 45 heavy (non-hydrogen) atoms. The van der Waals surface area contributed by atoms with Crippen molar-refractivity contribution in [3.8, 4) is 0 Å². The van der Waals surface area contributed by atoms with Gasteiger partial charge in [0, 0.05) is 31.9 Å². The number of anilines is 1. The lowest BCUT2D eigenvalue weighted by atomic mass is 10.00. The summed E-state index contributed by atoms with van der Waals surface area (Å²) in [5.41, 5.74) is 7.52. The number of carbonyl (C=O) groups excluding carboxylic acids is 2. The molecule has 0 unspecified atom stereocenters. The summed E-state index contributed by atoms with van der Waals surface area (Å²) < 4.78 is 8.26. The fraction of sp³-hybridized carbons (Fsp3) is 0.371. The van der Waals surface area contributed by atoms with Crippen LogP contribution in [-0.4, -0.2) is 58.5 Å². The van der Waals surface area contributed by atoms with E-state index in [9.17, 15) is 19.2 Å². The van der Waals surface area contributed by atoms with Crippen molar-refractivity contribution in [2.24, 2.45) is 5.73 Å². The smallest absolute Gasteiger partial charge is 0.328 e. The molecule has 4 aromatic rings. The zero-order valence-corrected chi connectivity index (χ0v) is 25.7. The number of amides is 2. The molecule has 3 N–H and O–H groups in total. The first-order valence-corrected chi connectivity index (χ1v) is 15.7. The van der Waals surface area contributed by atoms with Gasteiger partial charge in [0.25, 0.3) is 5.56 Å². The van der Waals surface area contributed by atoms with Crippen LogP contribution in [0.1, 0.15) is 56.3 Å². The van der Waals surface area contributed by atoms with Crippen LogP contribution in [0.3, 0.4) is 0 Å². The maximum atomic E-state index is 12.8. The minimum Gasteiger partial charge on any atom is -0.369 e. The van der Waals surface area contributed by atoms with Gasteiger partial charge >= 0.3 is 5.69 Å². The van der Waals surface area contributed by atoms with E-state index in [0.717, 1.165) is 56.4 Å². The molecule has 0 radical (unpaired) electrons. The fourth-order valence-electron chi connectivity index (χ4n) is 6.09. The van der Waals surface area contributed by atoms with Gasteiger partial charge in [0.05, 0.1) is 17.0 Å². The number of piperidine rings is 1. The molecule has 1 saturated heterocycles. The molecule has 10 nitrogen and oxygen atoms in total. The molecule has 1 aliphatic heterocycles. The Kier molecular flexibility index (Phi) is 10.6. The van der Waals surface area contributed by atoms with E-state index in [0.29, 0.717) is 29.7 Å². The molecule has 0 saturated carbocycles. The van der Waals surface area contributed by atoms with Gasteiger partial charge in [-0.2, -0.15) is 0 Å². The number of aryl methyl sites for hydroxylation is 1. The van der Waals surface area contributed by atoms with Gasteiger partial charge in [-0.25, -0.2) is 4.79 Å². The van der Waals surface area contributed by atoms with Crippen molar-refractivity contribution >= 4 is 28.4 Å². The molecule has 10 heteroatoms. The number of ether oxygens (including phenoxy) is 1. The van der Waals surface area contributed by atoms with Crippen molar-refractivity contribution in [2.45, 2.75) is 57.8 Å². The number of aromatic amines is 1. The number of rotatable bonds is 13. The van der Waals surface area contributed by atoms with Gasteiger partial charge in [-0.1, -0.05) is 60.7 Å². The highest BCUT2D eigenvalue weighted by molar-refractivity contribution is 6.05. The van der Waals surface area contributed by atoms with Crippen LogP contribution in [0.5, 0.6) is 0 Å². The molecule has 5 rings (SSSR count). The first kappa shape index (κ1) is 31.9. The van der Waals surface area contributed by atoms with Gasteiger partial charge < -0.3 is 20.3 Å². The largest absolute Gasteiger partial charge is 0.369 e. The summed E-state index contributed by atoms with van der Waals surface area (Å²) in [4.78, 5) is 55.4. The second-order valence-electron chi connectivity index (χ2n) is 11.5. The van der Waals surface area contributed by atoms with E-state index in [1.807, 2.05) is 12.1 Å². The summed E-state index contributed by atoms with van der Waals surface area (Å²) in [6, 6.07) is 25.7. The molecule has 0 aliphatic carbocycles. The van der Waals surface area contributed by atoms with Crippen molar-refractivity contribution in [3.63, 3.8) is 0 Å². The van der Waals surface area contributed by atoms with E-state index in [-0.39, 0.29) is 12.2 Å². The standard InChI is InChI=1S/C35H41N5O5/c1-2-39(32(42)24-31(36)41)27-15-16-30-29(23-27)34(43)37-35(44)40(30)20-10-9-19-38-21-17-28(18-22-38)45-33(25-11-5-3-6-12-25)26-13-7-4-8-14-26/h3-8,11-16,23,28,33H,2,9-10,17-22,24H2,1H3,(H2,36,41)(H,37,43,44). The Labute approximate surface area is 262 Å². The summed E-state index contributed by atoms with van der Waals surface area (Å²) in [6.07, 6.45) is 3.25. The van der Waals surface area contributed by atoms with Crippen LogP contribution in [-0.2, 0) is 20.9 Å². The number of hydrogen-bond donors (Lipinski definition) is 2. The molecule has 236 valence electrons. The number of fused-ring (bicyclic) bond motifs is 1. The van der Waals surface area contributed by atoms with E-state index < -0.39 is 29.5 Å². The zero-order valence-electron chi connectivity index (χ0n) is 25.7. The molecular formula is C35H41N5O5. The van der Waals surface area contributed by atoms with E-state index in [4.69, 9.17) is 10.5 Å². The number of likely N-dealkylation sites (tertiary alicyclic amines) is 1. The Balaban J connectivity index is 1.16. The van der Waals surface area contributed by atoms with Gasteiger partial charge in [-0.05, 0) is 68.5 Å². The van der Waals surface area contributed by atoms with Gasteiger partial charge in [0.2, 0.25) is 11.8 Å². The lowest BCUT2D eigenvalue weighted by Gasteiger charge is -2.34. The number of unbranched alkanes of at least 4 members (excludes halogenated alkanes) is 1. The number of nitrogens with one attached hydrogen (secondary N) is 1.